The van der Waals surface area contributed by atoms with Gasteiger partial charge >= 0.3 is 5.97 Å². The van der Waals surface area contributed by atoms with E-state index in [0.717, 1.165) is 23.8 Å². The van der Waals surface area contributed by atoms with Crippen molar-refractivity contribution in [3.8, 4) is 0 Å². The predicted molar refractivity (Wildman–Crippen MR) is 129 cm³/mol. The Morgan fingerprint density at radius 3 is 2.48 bits per heavy atom. The number of benzene rings is 1. The van der Waals surface area contributed by atoms with Crippen LogP contribution in [0.3, 0.4) is 0 Å². The topological polar surface area (TPSA) is 55.4 Å². The van der Waals surface area contributed by atoms with Gasteiger partial charge in [-0.15, -0.1) is 0 Å². The minimum Gasteiger partial charge on any atom is -0.460 e. The van der Waals surface area contributed by atoms with Crippen LogP contribution in [0.1, 0.15) is 78.2 Å². The molecule has 3 unspecified atom stereocenters. The number of likely N-dealkylation sites (N-methyl/N-ethyl adjacent to an activating group) is 1. The first-order chi connectivity index (χ1) is 14.8. The molecule has 0 spiro atoms. The third-order valence-corrected chi connectivity index (χ3v) is 6.17. The monoisotopic (exact) mass is 429 g/mol. The highest BCUT2D eigenvalue weighted by atomic mass is 16.5. The molecule has 0 amide bonds. The van der Waals surface area contributed by atoms with E-state index in [-0.39, 0.29) is 12.5 Å². The summed E-state index contributed by atoms with van der Waals surface area (Å²) in [7, 11) is 1.71. The number of nitrogens with one attached hydrogen (secondary N) is 1. The summed E-state index contributed by atoms with van der Waals surface area (Å²) in [5.74, 6) is 2.34. The number of hydrogen-bond acceptors (Lipinski definition) is 4. The van der Waals surface area contributed by atoms with Crippen molar-refractivity contribution in [3.63, 3.8) is 0 Å². The molecule has 1 N–H and O–H groups in total. The number of carbonyl (C=O) groups is 2. The van der Waals surface area contributed by atoms with E-state index < -0.39 is 0 Å². The highest BCUT2D eigenvalue weighted by Crippen LogP contribution is 2.32. The summed E-state index contributed by atoms with van der Waals surface area (Å²) in [5.41, 5.74) is 2.53. The Bertz CT molecular complexity index is 668. The summed E-state index contributed by atoms with van der Waals surface area (Å²) in [5, 5.41) is 2.73. The molecule has 4 nitrogen and oxygen atoms in total. The van der Waals surface area contributed by atoms with Crippen molar-refractivity contribution in [2.24, 2.45) is 17.8 Å². The second-order valence-electron chi connectivity index (χ2n) is 9.00. The molecule has 0 saturated carbocycles. The summed E-state index contributed by atoms with van der Waals surface area (Å²) in [4.78, 5) is 22.3. The van der Waals surface area contributed by atoms with Gasteiger partial charge in [0.05, 0.1) is 6.54 Å². The van der Waals surface area contributed by atoms with Crippen molar-refractivity contribution in [1.29, 1.82) is 0 Å². The lowest BCUT2D eigenvalue weighted by atomic mass is 9.77. The first-order valence-corrected chi connectivity index (χ1v) is 11.8. The Balaban J connectivity index is 0.000000327. The minimum atomic E-state index is -0.230. The van der Waals surface area contributed by atoms with Crippen molar-refractivity contribution < 1.29 is 14.3 Å². The largest absolute Gasteiger partial charge is 0.460 e. The van der Waals surface area contributed by atoms with E-state index in [1.165, 1.54) is 44.1 Å². The van der Waals surface area contributed by atoms with E-state index in [9.17, 15) is 9.59 Å². The fourth-order valence-electron chi connectivity index (χ4n) is 4.23. The standard InChI is InChI=1S/C17H30O.C10H13NO2/c1-5-17-12-16(11-15(4)18)10-9-13(2)7-6-8-14(17)3;1-11-7-10(12)13-8-9-5-3-2-4-6-9/h7,14,16-17H,5-6,8-12H2,1-4H3;2-6,11H,7-8H2,1H3/b13-7+;. The molecule has 0 fully saturated rings. The van der Waals surface area contributed by atoms with Gasteiger partial charge in [0.2, 0.25) is 0 Å². The Morgan fingerprint density at radius 2 is 1.87 bits per heavy atom. The number of allylic oxidation sites excluding steroid dienone is 2. The molecule has 31 heavy (non-hydrogen) atoms. The Morgan fingerprint density at radius 1 is 1.16 bits per heavy atom. The van der Waals surface area contributed by atoms with Crippen LogP contribution in [-0.4, -0.2) is 25.3 Å². The third-order valence-electron chi connectivity index (χ3n) is 6.17. The van der Waals surface area contributed by atoms with Crippen LogP contribution in [0.25, 0.3) is 0 Å². The van der Waals surface area contributed by atoms with Crippen LogP contribution in [0.2, 0.25) is 0 Å². The molecule has 0 radical (unpaired) electrons. The molecule has 0 aromatic heterocycles. The second-order valence-corrected chi connectivity index (χ2v) is 9.00. The van der Waals surface area contributed by atoms with Crippen LogP contribution in [0.15, 0.2) is 42.0 Å². The van der Waals surface area contributed by atoms with E-state index in [0.29, 0.717) is 18.3 Å². The molecule has 4 heteroatoms. The third kappa shape index (κ3) is 12.5. The quantitative estimate of drug-likeness (QED) is 0.420. The molecule has 1 aromatic rings. The van der Waals surface area contributed by atoms with Crippen molar-refractivity contribution >= 4 is 11.8 Å². The van der Waals surface area contributed by atoms with Crippen molar-refractivity contribution in [1.82, 2.24) is 5.32 Å². The molecule has 3 atom stereocenters. The smallest absolute Gasteiger partial charge is 0.320 e. The van der Waals surface area contributed by atoms with Gasteiger partial charge in [0.1, 0.15) is 12.4 Å². The van der Waals surface area contributed by atoms with Crippen LogP contribution >= 0.6 is 0 Å². The summed E-state index contributed by atoms with van der Waals surface area (Å²) < 4.78 is 4.97. The van der Waals surface area contributed by atoms with Gasteiger partial charge in [-0.25, -0.2) is 0 Å². The zero-order valence-electron chi connectivity index (χ0n) is 20.3. The van der Waals surface area contributed by atoms with Gasteiger partial charge in [0.25, 0.3) is 0 Å². The first kappa shape index (κ1) is 27.1. The maximum atomic E-state index is 11.4. The van der Waals surface area contributed by atoms with E-state index in [1.54, 1.807) is 14.0 Å². The molecule has 2 rings (SSSR count). The summed E-state index contributed by atoms with van der Waals surface area (Å²) in [6.07, 6.45) is 10.6. The lowest BCUT2D eigenvalue weighted by Crippen LogP contribution is -2.20. The number of carbonyl (C=O) groups excluding carboxylic acids is 2. The molecule has 1 aliphatic carbocycles. The van der Waals surface area contributed by atoms with E-state index >= 15 is 0 Å². The van der Waals surface area contributed by atoms with Crippen molar-refractivity contribution in [2.45, 2.75) is 79.2 Å². The van der Waals surface area contributed by atoms with Gasteiger partial charge < -0.3 is 14.8 Å². The highest BCUT2D eigenvalue weighted by Gasteiger charge is 2.22. The number of rotatable bonds is 7. The normalized spacial score (nSPS) is 23.5. The van der Waals surface area contributed by atoms with Crippen LogP contribution < -0.4 is 5.32 Å². The van der Waals surface area contributed by atoms with Gasteiger partial charge in [0, 0.05) is 6.42 Å². The predicted octanol–water partition coefficient (Wildman–Crippen LogP) is 6.10. The van der Waals surface area contributed by atoms with E-state index in [2.05, 4.69) is 32.2 Å². The molecular formula is C27H43NO3. The maximum absolute atomic E-state index is 11.4. The molecule has 0 aliphatic heterocycles. The van der Waals surface area contributed by atoms with Gasteiger partial charge in [-0.3, -0.25) is 4.79 Å². The molecule has 0 saturated heterocycles. The molecule has 1 aromatic carbocycles. The Labute approximate surface area is 189 Å². The number of esters is 1. The molecule has 1 aliphatic rings. The lowest BCUT2D eigenvalue weighted by molar-refractivity contribution is -0.143. The minimum absolute atomic E-state index is 0.230. The Hall–Kier alpha value is -1.94. The lowest BCUT2D eigenvalue weighted by Gasteiger charge is -2.28. The van der Waals surface area contributed by atoms with Crippen LogP contribution in [0, 0.1) is 17.8 Å². The SMILES string of the molecule is CCC1CC(CC(C)=O)CC/C(C)=C/CCC1C.CNCC(=O)OCc1ccccc1. The van der Waals surface area contributed by atoms with Crippen LogP contribution in [-0.2, 0) is 20.9 Å². The van der Waals surface area contributed by atoms with Crippen molar-refractivity contribution in [2.75, 3.05) is 13.6 Å². The number of ketones is 1. The zero-order chi connectivity index (χ0) is 23.1. The van der Waals surface area contributed by atoms with Gasteiger partial charge in [-0.1, -0.05) is 62.2 Å². The summed E-state index contributed by atoms with van der Waals surface area (Å²) in [6, 6.07) is 9.61. The van der Waals surface area contributed by atoms with Crippen LogP contribution in [0.4, 0.5) is 0 Å². The first-order valence-electron chi connectivity index (χ1n) is 11.8. The number of hydrogen-bond donors (Lipinski definition) is 1. The number of Topliss-reactive ketones (excluding diaryl/α,β-unsaturated/α-hetero) is 1. The Kier molecular flexibility index (Phi) is 13.8. The maximum Gasteiger partial charge on any atom is 0.320 e. The molecule has 0 heterocycles. The van der Waals surface area contributed by atoms with Crippen LogP contribution in [0.5, 0.6) is 0 Å². The van der Waals surface area contributed by atoms with Gasteiger partial charge in [-0.2, -0.15) is 0 Å². The van der Waals surface area contributed by atoms with E-state index in [1.807, 2.05) is 30.3 Å². The summed E-state index contributed by atoms with van der Waals surface area (Å²) >= 11 is 0. The van der Waals surface area contributed by atoms with Gasteiger partial charge in [-0.05, 0) is 76.3 Å². The highest BCUT2D eigenvalue weighted by molar-refractivity contribution is 5.75. The fourth-order valence-corrected chi connectivity index (χ4v) is 4.23. The average Bonchev–Trinajstić information content (AvgIpc) is 2.74. The van der Waals surface area contributed by atoms with Crippen molar-refractivity contribution in [3.05, 3.63) is 47.5 Å². The zero-order valence-corrected chi connectivity index (χ0v) is 20.3. The fraction of sp³-hybridized carbons (Fsp3) is 0.630. The molecular weight excluding hydrogens is 386 g/mol. The molecule has 0 bridgehead atoms. The van der Waals surface area contributed by atoms with Gasteiger partial charge in [0.15, 0.2) is 0 Å². The number of ether oxygens (including phenoxy) is 1. The second kappa shape index (κ2) is 15.8. The summed E-state index contributed by atoms with van der Waals surface area (Å²) in [6.45, 7) is 9.29. The van der Waals surface area contributed by atoms with E-state index in [4.69, 9.17) is 4.74 Å². The average molecular weight is 430 g/mol. The molecule has 174 valence electrons.